The Hall–Kier alpha value is -2.37. The first-order valence-electron chi connectivity index (χ1n) is 5.65. The van der Waals surface area contributed by atoms with E-state index in [0.717, 1.165) is 0 Å². The van der Waals surface area contributed by atoms with Crippen molar-refractivity contribution in [2.75, 3.05) is 0 Å². The topological polar surface area (TPSA) is 78.6 Å². The van der Waals surface area contributed by atoms with Gasteiger partial charge < -0.3 is 0 Å². The number of nitrogens with zero attached hydrogens (tertiary/aromatic N) is 2. The maximum atomic E-state index is 12.1. The number of fused-ring (bicyclic) bond motifs is 1. The number of hydrogen-bond donors (Lipinski definition) is 1. The summed E-state index contributed by atoms with van der Waals surface area (Å²) in [6, 6.07) is 6.23. The zero-order valence-electron chi connectivity index (χ0n) is 9.42. The van der Waals surface area contributed by atoms with Crippen LogP contribution in [0.1, 0.15) is 23.2 Å². The molecule has 0 saturated carbocycles. The predicted molar refractivity (Wildman–Crippen MR) is 59.3 cm³/mol. The van der Waals surface area contributed by atoms with Crippen molar-refractivity contribution in [3.8, 4) is 0 Å². The van der Waals surface area contributed by atoms with Gasteiger partial charge in [-0.2, -0.15) is 0 Å². The van der Waals surface area contributed by atoms with Gasteiger partial charge in [-0.25, -0.2) is 4.79 Å². The summed E-state index contributed by atoms with van der Waals surface area (Å²) in [6.45, 7) is 0. The Bertz CT molecular complexity index is 606. The number of rotatable bonds is 1. The van der Waals surface area contributed by atoms with E-state index in [9.17, 15) is 14.4 Å². The van der Waals surface area contributed by atoms with Crippen LogP contribution in [0.25, 0.3) is 0 Å². The van der Waals surface area contributed by atoms with E-state index in [2.05, 4.69) is 10.4 Å². The Kier molecular flexibility index (Phi) is 2.29. The van der Waals surface area contributed by atoms with Crippen LogP contribution >= 0.6 is 0 Å². The Morgan fingerprint density at radius 3 is 2.72 bits per heavy atom. The molecule has 1 N–H and O–H groups in total. The summed E-state index contributed by atoms with van der Waals surface area (Å²) in [5.41, 5.74) is 1.05. The zero-order valence-corrected chi connectivity index (χ0v) is 9.42. The number of nitrogens with one attached hydrogen (secondary N) is 1. The zero-order chi connectivity index (χ0) is 12.7. The minimum absolute atomic E-state index is 0.228. The van der Waals surface area contributed by atoms with Crippen molar-refractivity contribution in [2.24, 2.45) is 5.11 Å². The smallest absolute Gasteiger partial charge is 0.291 e. The summed E-state index contributed by atoms with van der Waals surface area (Å²) in [4.78, 5) is 34.9. The van der Waals surface area contributed by atoms with E-state index < -0.39 is 11.9 Å². The molecule has 0 radical (unpaired) electrons. The molecule has 6 heteroatoms. The molecular formula is C12H10N3O3+. The highest BCUT2D eigenvalue weighted by molar-refractivity contribution is 6.01. The maximum Gasteiger partial charge on any atom is 0.447 e. The Balaban J connectivity index is 1.94. The molecule has 0 aromatic heterocycles. The van der Waals surface area contributed by atoms with Gasteiger partial charge in [0, 0.05) is 18.0 Å². The molecule has 2 aliphatic rings. The van der Waals surface area contributed by atoms with Gasteiger partial charge in [-0.15, -0.1) is 0 Å². The van der Waals surface area contributed by atoms with E-state index in [1.54, 1.807) is 24.3 Å². The number of piperidine rings is 1. The van der Waals surface area contributed by atoms with Gasteiger partial charge >= 0.3 is 5.91 Å². The Morgan fingerprint density at radius 1 is 1.22 bits per heavy atom. The molecule has 90 valence electrons. The molecule has 0 bridgehead atoms. The van der Waals surface area contributed by atoms with E-state index in [-0.39, 0.29) is 18.2 Å². The van der Waals surface area contributed by atoms with Crippen molar-refractivity contribution in [1.82, 2.24) is 5.32 Å². The van der Waals surface area contributed by atoms with Crippen molar-refractivity contribution in [2.45, 2.75) is 18.9 Å². The van der Waals surface area contributed by atoms with Crippen LogP contribution in [-0.2, 0) is 9.59 Å². The second kappa shape index (κ2) is 3.83. The lowest BCUT2D eigenvalue weighted by atomic mass is 10.1. The molecular weight excluding hydrogens is 234 g/mol. The summed E-state index contributed by atoms with van der Waals surface area (Å²) >= 11 is 0. The van der Waals surface area contributed by atoms with Gasteiger partial charge in [-0.3, -0.25) is 14.9 Å². The van der Waals surface area contributed by atoms with Gasteiger partial charge in [0.05, 0.1) is 0 Å². The Labute approximate surface area is 102 Å². The first-order chi connectivity index (χ1) is 8.66. The average molecular weight is 244 g/mol. The number of imide groups is 1. The lowest BCUT2D eigenvalue weighted by molar-refractivity contribution is -0.517. The second-order valence-electron chi connectivity index (χ2n) is 4.23. The average Bonchev–Trinajstić information content (AvgIpc) is 2.68. The van der Waals surface area contributed by atoms with Crippen LogP contribution in [0.4, 0.5) is 5.69 Å². The number of hydrogen-bond acceptors (Lipinski definition) is 4. The van der Waals surface area contributed by atoms with Crippen LogP contribution in [0.2, 0.25) is 0 Å². The molecule has 1 saturated heterocycles. The molecule has 1 fully saturated rings. The third kappa shape index (κ3) is 1.54. The van der Waals surface area contributed by atoms with Gasteiger partial charge in [0.2, 0.25) is 5.91 Å². The van der Waals surface area contributed by atoms with Gasteiger partial charge in [0.1, 0.15) is 11.3 Å². The van der Waals surface area contributed by atoms with Crippen LogP contribution in [0, 0.1) is 0 Å². The maximum absolute atomic E-state index is 12.1. The molecule has 6 nitrogen and oxygen atoms in total. The lowest BCUT2D eigenvalue weighted by Gasteiger charge is -2.14. The molecule has 3 amide bonds. The van der Waals surface area contributed by atoms with Gasteiger partial charge in [0.25, 0.3) is 11.9 Å². The van der Waals surface area contributed by atoms with Gasteiger partial charge in [0.15, 0.2) is 0 Å². The minimum Gasteiger partial charge on any atom is -0.291 e. The summed E-state index contributed by atoms with van der Waals surface area (Å²) < 4.78 is 1.17. The number of carbonyl (C=O) groups excluding carboxylic acids is 3. The lowest BCUT2D eigenvalue weighted by Crippen LogP contribution is -2.49. The SMILES string of the molecule is O=C1CCC([N+]2=Nc3ccccc3C2=O)C(=O)N1. The molecule has 3 rings (SSSR count). The quantitative estimate of drug-likeness (QED) is 0.584. The molecule has 1 aromatic rings. The Morgan fingerprint density at radius 2 is 2.00 bits per heavy atom. The fourth-order valence-corrected chi connectivity index (χ4v) is 2.15. The van der Waals surface area contributed by atoms with Crippen molar-refractivity contribution < 1.29 is 19.1 Å². The number of benzene rings is 1. The highest BCUT2D eigenvalue weighted by atomic mass is 16.2. The van der Waals surface area contributed by atoms with Crippen LogP contribution in [-0.4, -0.2) is 28.5 Å². The van der Waals surface area contributed by atoms with E-state index in [1.807, 2.05) is 0 Å². The molecule has 2 heterocycles. The summed E-state index contributed by atoms with van der Waals surface area (Å²) in [6.07, 6.45) is 0.542. The third-order valence-corrected chi connectivity index (χ3v) is 3.06. The first kappa shape index (κ1) is 10.8. The highest BCUT2D eigenvalue weighted by Crippen LogP contribution is 2.28. The second-order valence-corrected chi connectivity index (χ2v) is 4.23. The van der Waals surface area contributed by atoms with Gasteiger partial charge in [-0.1, -0.05) is 12.1 Å². The summed E-state index contributed by atoms with van der Waals surface area (Å²) in [5.74, 6) is -1.06. The molecule has 2 aliphatic heterocycles. The normalized spacial score (nSPS) is 22.6. The largest absolute Gasteiger partial charge is 0.447 e. The molecule has 18 heavy (non-hydrogen) atoms. The van der Waals surface area contributed by atoms with Crippen molar-refractivity contribution >= 4 is 23.4 Å². The fraction of sp³-hybridized carbons (Fsp3) is 0.250. The molecule has 0 aliphatic carbocycles. The van der Waals surface area contributed by atoms with Crippen molar-refractivity contribution in [3.05, 3.63) is 29.8 Å². The first-order valence-corrected chi connectivity index (χ1v) is 5.65. The van der Waals surface area contributed by atoms with E-state index in [1.165, 1.54) is 4.70 Å². The molecule has 1 unspecified atom stereocenters. The van der Waals surface area contributed by atoms with Crippen LogP contribution in [0.3, 0.4) is 0 Å². The van der Waals surface area contributed by atoms with Crippen molar-refractivity contribution in [3.63, 3.8) is 0 Å². The molecule has 1 atom stereocenters. The number of amides is 3. The standard InChI is InChI=1S/C12H9N3O3/c16-10-6-5-9(11(17)13-10)15-12(18)7-3-1-2-4-8(7)14-15/h1-4,9H,5-6H2/p+1. The minimum atomic E-state index is -0.692. The predicted octanol–water partition coefficient (Wildman–Crippen LogP) is 0.742. The number of carbonyl (C=O) groups is 3. The number of azo groups is 2. The van der Waals surface area contributed by atoms with E-state index in [0.29, 0.717) is 17.7 Å². The van der Waals surface area contributed by atoms with E-state index >= 15 is 0 Å². The fourth-order valence-electron chi connectivity index (χ4n) is 2.15. The third-order valence-electron chi connectivity index (χ3n) is 3.06. The summed E-state index contributed by atoms with van der Waals surface area (Å²) in [7, 11) is 0. The summed E-state index contributed by atoms with van der Waals surface area (Å²) in [5, 5.41) is 6.37. The van der Waals surface area contributed by atoms with Crippen LogP contribution < -0.4 is 5.32 Å². The molecule has 0 spiro atoms. The van der Waals surface area contributed by atoms with Crippen LogP contribution in [0.5, 0.6) is 0 Å². The van der Waals surface area contributed by atoms with Crippen molar-refractivity contribution in [1.29, 1.82) is 0 Å². The van der Waals surface area contributed by atoms with Gasteiger partial charge in [-0.05, 0) is 16.8 Å². The van der Waals surface area contributed by atoms with Crippen LogP contribution in [0.15, 0.2) is 29.4 Å². The molecule has 1 aromatic carbocycles. The highest BCUT2D eigenvalue weighted by Gasteiger charge is 2.45. The monoisotopic (exact) mass is 244 g/mol. The van der Waals surface area contributed by atoms with E-state index in [4.69, 9.17) is 0 Å².